The van der Waals surface area contributed by atoms with E-state index in [2.05, 4.69) is 9.97 Å². The molecule has 1 aromatic rings. The Morgan fingerprint density at radius 3 is 2.33 bits per heavy atom. The summed E-state index contributed by atoms with van der Waals surface area (Å²) in [5.74, 6) is 0.0891. The van der Waals surface area contributed by atoms with E-state index in [0.29, 0.717) is 16.9 Å². The summed E-state index contributed by atoms with van der Waals surface area (Å²) in [6, 6.07) is 0. The Labute approximate surface area is 80.9 Å². The van der Waals surface area contributed by atoms with Crippen LogP contribution in [0.3, 0.4) is 0 Å². The second kappa shape index (κ2) is 4.03. The summed E-state index contributed by atoms with van der Waals surface area (Å²) in [4.78, 5) is 7.65. The van der Waals surface area contributed by atoms with Gasteiger partial charge in [0.05, 0.1) is 0 Å². The summed E-state index contributed by atoms with van der Waals surface area (Å²) in [7, 11) is 0. The van der Waals surface area contributed by atoms with Crippen LogP contribution in [0.5, 0.6) is 0 Å². The van der Waals surface area contributed by atoms with Crippen LogP contribution in [0.15, 0.2) is 6.33 Å². The molecule has 12 heavy (non-hydrogen) atoms. The third kappa shape index (κ3) is 1.86. The predicted molar refractivity (Wildman–Crippen MR) is 49.5 cm³/mol. The van der Waals surface area contributed by atoms with Crippen molar-refractivity contribution in [1.29, 1.82) is 0 Å². The van der Waals surface area contributed by atoms with Crippen LogP contribution in [-0.4, -0.2) is 16.5 Å². The van der Waals surface area contributed by atoms with E-state index in [0.717, 1.165) is 5.56 Å². The lowest BCUT2D eigenvalue weighted by molar-refractivity contribution is 0.763. The maximum absolute atomic E-state index is 5.81. The fraction of sp³-hybridized carbons (Fsp3) is 0.429. The Kier molecular flexibility index (Phi) is 3.26. The second-order valence-corrected chi connectivity index (χ2v) is 3.22. The maximum atomic E-state index is 5.81. The standard InChI is InChI=1S/C7H9Cl2N3/c1-4(2-10)5-6(8)11-3-12-7(5)9/h3-4H,2,10H2,1H3. The summed E-state index contributed by atoms with van der Waals surface area (Å²) < 4.78 is 0. The molecule has 0 radical (unpaired) electrons. The molecule has 0 fully saturated rings. The molecule has 0 aromatic carbocycles. The van der Waals surface area contributed by atoms with Crippen LogP contribution in [0.4, 0.5) is 0 Å². The van der Waals surface area contributed by atoms with E-state index >= 15 is 0 Å². The minimum Gasteiger partial charge on any atom is -0.330 e. The first kappa shape index (κ1) is 9.71. The van der Waals surface area contributed by atoms with Crippen molar-refractivity contribution in [3.8, 4) is 0 Å². The van der Waals surface area contributed by atoms with Gasteiger partial charge in [0.1, 0.15) is 16.6 Å². The van der Waals surface area contributed by atoms with Crippen LogP contribution in [0.1, 0.15) is 18.4 Å². The van der Waals surface area contributed by atoms with Gasteiger partial charge in [-0.05, 0) is 12.5 Å². The summed E-state index contributed by atoms with van der Waals surface area (Å²) in [6.07, 6.45) is 1.33. The Morgan fingerprint density at radius 1 is 1.42 bits per heavy atom. The fourth-order valence-corrected chi connectivity index (χ4v) is 1.57. The summed E-state index contributed by atoms with van der Waals surface area (Å²) >= 11 is 11.6. The quantitative estimate of drug-likeness (QED) is 0.751. The summed E-state index contributed by atoms with van der Waals surface area (Å²) in [5, 5.41) is 0.765. The number of nitrogens with zero attached hydrogens (tertiary/aromatic N) is 2. The Balaban J connectivity index is 3.12. The van der Waals surface area contributed by atoms with Crippen molar-refractivity contribution < 1.29 is 0 Å². The lowest BCUT2D eigenvalue weighted by Gasteiger charge is -2.10. The molecule has 3 nitrogen and oxygen atoms in total. The zero-order valence-corrected chi connectivity index (χ0v) is 8.10. The van der Waals surface area contributed by atoms with Crippen LogP contribution in [0.25, 0.3) is 0 Å². The molecule has 0 aliphatic rings. The summed E-state index contributed by atoms with van der Waals surface area (Å²) in [6.45, 7) is 2.41. The first-order valence-corrected chi connectivity index (χ1v) is 4.28. The van der Waals surface area contributed by atoms with Crippen LogP contribution in [0.2, 0.25) is 10.3 Å². The van der Waals surface area contributed by atoms with Gasteiger partial charge in [0.2, 0.25) is 0 Å². The average Bonchev–Trinajstić information content (AvgIpc) is 2.03. The number of hydrogen-bond acceptors (Lipinski definition) is 3. The first-order valence-electron chi connectivity index (χ1n) is 3.52. The van der Waals surface area contributed by atoms with Crippen LogP contribution in [0, 0.1) is 0 Å². The zero-order chi connectivity index (χ0) is 9.14. The van der Waals surface area contributed by atoms with Crippen molar-refractivity contribution in [1.82, 2.24) is 9.97 Å². The number of hydrogen-bond donors (Lipinski definition) is 1. The highest BCUT2D eigenvalue weighted by molar-refractivity contribution is 6.34. The van der Waals surface area contributed by atoms with Crippen LogP contribution in [-0.2, 0) is 0 Å². The number of nitrogens with two attached hydrogens (primary N) is 1. The van der Waals surface area contributed by atoms with Gasteiger partial charge in [-0.2, -0.15) is 0 Å². The van der Waals surface area contributed by atoms with Gasteiger partial charge in [-0.3, -0.25) is 0 Å². The maximum Gasteiger partial charge on any atom is 0.137 e. The minimum atomic E-state index is 0.0891. The van der Waals surface area contributed by atoms with Gasteiger partial charge in [0, 0.05) is 5.56 Å². The highest BCUT2D eigenvalue weighted by Gasteiger charge is 2.13. The normalized spacial score (nSPS) is 13.0. The van der Waals surface area contributed by atoms with Crippen molar-refractivity contribution in [2.24, 2.45) is 5.73 Å². The third-order valence-electron chi connectivity index (χ3n) is 1.63. The minimum absolute atomic E-state index is 0.0891. The van der Waals surface area contributed by atoms with Gasteiger partial charge in [-0.1, -0.05) is 30.1 Å². The molecule has 0 aliphatic carbocycles. The molecule has 1 heterocycles. The Morgan fingerprint density at radius 2 is 1.92 bits per heavy atom. The third-order valence-corrected chi connectivity index (χ3v) is 2.24. The highest BCUT2D eigenvalue weighted by atomic mass is 35.5. The molecule has 0 amide bonds. The molecule has 1 aromatic heterocycles. The Bertz CT molecular complexity index is 257. The lowest BCUT2D eigenvalue weighted by atomic mass is 10.1. The molecule has 0 aliphatic heterocycles. The number of aromatic nitrogens is 2. The van der Waals surface area contributed by atoms with Gasteiger partial charge in [-0.25, -0.2) is 9.97 Å². The largest absolute Gasteiger partial charge is 0.330 e. The van der Waals surface area contributed by atoms with Gasteiger partial charge >= 0.3 is 0 Å². The molecule has 0 bridgehead atoms. The number of rotatable bonds is 2. The molecular weight excluding hydrogens is 197 g/mol. The van der Waals surface area contributed by atoms with Gasteiger partial charge in [0.25, 0.3) is 0 Å². The lowest BCUT2D eigenvalue weighted by Crippen LogP contribution is -2.10. The zero-order valence-electron chi connectivity index (χ0n) is 6.59. The van der Waals surface area contributed by atoms with Crippen molar-refractivity contribution in [2.75, 3.05) is 6.54 Å². The van der Waals surface area contributed by atoms with E-state index in [9.17, 15) is 0 Å². The number of halogens is 2. The van der Waals surface area contributed by atoms with Crippen molar-refractivity contribution in [3.05, 3.63) is 22.2 Å². The van der Waals surface area contributed by atoms with E-state index in [4.69, 9.17) is 28.9 Å². The van der Waals surface area contributed by atoms with E-state index in [1.54, 1.807) is 0 Å². The molecule has 5 heteroatoms. The van der Waals surface area contributed by atoms with E-state index in [1.165, 1.54) is 6.33 Å². The summed E-state index contributed by atoms with van der Waals surface area (Å²) in [5.41, 5.74) is 6.19. The van der Waals surface area contributed by atoms with E-state index in [-0.39, 0.29) is 5.92 Å². The average molecular weight is 206 g/mol. The SMILES string of the molecule is CC(CN)c1c(Cl)ncnc1Cl. The molecule has 1 atom stereocenters. The van der Waals surface area contributed by atoms with Crippen LogP contribution < -0.4 is 5.73 Å². The van der Waals surface area contributed by atoms with Crippen molar-refractivity contribution in [2.45, 2.75) is 12.8 Å². The van der Waals surface area contributed by atoms with Crippen LogP contribution >= 0.6 is 23.2 Å². The predicted octanol–water partition coefficient (Wildman–Crippen LogP) is 1.85. The van der Waals surface area contributed by atoms with Gasteiger partial charge in [-0.15, -0.1) is 0 Å². The van der Waals surface area contributed by atoms with Crippen molar-refractivity contribution in [3.63, 3.8) is 0 Å². The van der Waals surface area contributed by atoms with Crippen molar-refractivity contribution >= 4 is 23.2 Å². The second-order valence-electron chi connectivity index (χ2n) is 2.51. The smallest absolute Gasteiger partial charge is 0.137 e. The molecule has 66 valence electrons. The molecule has 0 saturated carbocycles. The molecular formula is C7H9Cl2N3. The van der Waals surface area contributed by atoms with Gasteiger partial charge < -0.3 is 5.73 Å². The van der Waals surface area contributed by atoms with E-state index in [1.807, 2.05) is 6.92 Å². The monoisotopic (exact) mass is 205 g/mol. The Hall–Kier alpha value is -0.380. The molecule has 1 rings (SSSR count). The van der Waals surface area contributed by atoms with E-state index < -0.39 is 0 Å². The topological polar surface area (TPSA) is 51.8 Å². The molecule has 0 spiro atoms. The fourth-order valence-electron chi connectivity index (χ4n) is 0.879. The molecule has 0 saturated heterocycles. The first-order chi connectivity index (χ1) is 5.66. The van der Waals surface area contributed by atoms with Gasteiger partial charge in [0.15, 0.2) is 0 Å². The highest BCUT2D eigenvalue weighted by Crippen LogP contribution is 2.26. The molecule has 1 unspecified atom stereocenters. The molecule has 2 N–H and O–H groups in total.